The van der Waals surface area contributed by atoms with Crippen molar-refractivity contribution in [3.05, 3.63) is 77.6 Å². The van der Waals surface area contributed by atoms with Gasteiger partial charge in [0.1, 0.15) is 11.5 Å². The van der Waals surface area contributed by atoms with Gasteiger partial charge in [0.15, 0.2) is 0 Å². The molecule has 5 rings (SSSR count). The van der Waals surface area contributed by atoms with Crippen molar-refractivity contribution in [1.82, 2.24) is 9.97 Å². The number of carbonyl (C=O) groups is 1. The first-order valence-electron chi connectivity index (χ1n) is 11.0. The van der Waals surface area contributed by atoms with Gasteiger partial charge in [0.05, 0.1) is 16.8 Å². The number of alkyl halides is 3. The van der Waals surface area contributed by atoms with Gasteiger partial charge in [0, 0.05) is 28.7 Å². The Bertz CT molecular complexity index is 1470. The van der Waals surface area contributed by atoms with Gasteiger partial charge in [-0.3, -0.25) is 4.79 Å². The van der Waals surface area contributed by atoms with Crippen LogP contribution in [-0.4, -0.2) is 32.1 Å². The quantitative estimate of drug-likeness (QED) is 0.385. The predicted octanol–water partition coefficient (Wildman–Crippen LogP) is 5.71. The minimum absolute atomic E-state index is 0.0446. The zero-order valence-electron chi connectivity index (χ0n) is 18.5. The summed E-state index contributed by atoms with van der Waals surface area (Å²) in [7, 11) is 0. The molecule has 178 valence electrons. The normalized spacial score (nSPS) is 15.8. The van der Waals surface area contributed by atoms with E-state index in [1.54, 1.807) is 41.3 Å². The molecule has 0 unspecified atom stereocenters. The number of aryl methyl sites for hydroxylation is 1. The van der Waals surface area contributed by atoms with Crippen LogP contribution in [0.2, 0.25) is 0 Å². The maximum absolute atomic E-state index is 13.5. The Morgan fingerprint density at radius 3 is 2.54 bits per heavy atom. The first kappa shape index (κ1) is 22.6. The molecular formula is C26H20F3N3O3. The van der Waals surface area contributed by atoms with Crippen LogP contribution >= 0.6 is 0 Å². The molecule has 0 saturated heterocycles. The minimum atomic E-state index is -4.70. The topological polar surface area (TPSA) is 86.6 Å². The predicted molar refractivity (Wildman–Crippen MR) is 124 cm³/mol. The standard InChI is InChI=1S/C26H20F3N3O3/c1-14-6-7-15-12-16(23-18-4-2-3-5-20(18)30-25(31-23)26(27,28)29)8-11-21(15)32(14)24(35)19-10-9-17(33)13-22(19)34/h2-5,8-14,33-34H,6-7H2,1H3/t14-/m0/s1. The summed E-state index contributed by atoms with van der Waals surface area (Å²) in [6.45, 7) is 1.89. The Morgan fingerprint density at radius 1 is 1.03 bits per heavy atom. The molecule has 0 bridgehead atoms. The number of benzene rings is 3. The minimum Gasteiger partial charge on any atom is -0.508 e. The first-order valence-corrected chi connectivity index (χ1v) is 11.0. The average molecular weight is 479 g/mol. The number of hydrogen-bond acceptors (Lipinski definition) is 5. The summed E-state index contributed by atoms with van der Waals surface area (Å²) in [5.41, 5.74) is 2.28. The summed E-state index contributed by atoms with van der Waals surface area (Å²) in [5.74, 6) is -2.14. The second-order valence-electron chi connectivity index (χ2n) is 8.52. The number of anilines is 1. The molecule has 1 atom stereocenters. The third kappa shape index (κ3) is 4.03. The molecule has 0 fully saturated rings. The molecule has 0 spiro atoms. The van der Waals surface area contributed by atoms with Gasteiger partial charge in [0.25, 0.3) is 5.91 Å². The molecule has 6 nitrogen and oxygen atoms in total. The van der Waals surface area contributed by atoms with Gasteiger partial charge in [-0.2, -0.15) is 13.2 Å². The lowest BCUT2D eigenvalue weighted by Crippen LogP contribution is -2.42. The molecular weight excluding hydrogens is 459 g/mol. The summed E-state index contributed by atoms with van der Waals surface area (Å²) in [5, 5.41) is 20.2. The molecule has 2 heterocycles. The second-order valence-corrected chi connectivity index (χ2v) is 8.52. The second kappa shape index (κ2) is 8.26. The number of rotatable bonds is 2. The Labute approximate surface area is 198 Å². The van der Waals surface area contributed by atoms with Crippen LogP contribution in [0.15, 0.2) is 60.7 Å². The molecule has 0 radical (unpaired) electrons. The fourth-order valence-corrected chi connectivity index (χ4v) is 4.46. The number of aromatic nitrogens is 2. The molecule has 4 aromatic rings. The van der Waals surface area contributed by atoms with Gasteiger partial charge >= 0.3 is 6.18 Å². The summed E-state index contributed by atoms with van der Waals surface area (Å²) < 4.78 is 40.4. The number of fused-ring (bicyclic) bond motifs is 2. The number of phenolic OH excluding ortho intramolecular Hbond substituents is 2. The van der Waals surface area contributed by atoms with Gasteiger partial charge in [-0.1, -0.05) is 24.3 Å². The van der Waals surface area contributed by atoms with Gasteiger partial charge < -0.3 is 15.1 Å². The smallest absolute Gasteiger partial charge is 0.451 e. The van der Waals surface area contributed by atoms with E-state index in [9.17, 15) is 28.2 Å². The van der Waals surface area contributed by atoms with E-state index in [1.165, 1.54) is 18.2 Å². The number of amides is 1. The highest BCUT2D eigenvalue weighted by Gasteiger charge is 2.36. The van der Waals surface area contributed by atoms with Crippen molar-refractivity contribution in [3.8, 4) is 22.8 Å². The van der Waals surface area contributed by atoms with Crippen LogP contribution in [0.5, 0.6) is 11.5 Å². The van der Waals surface area contributed by atoms with E-state index in [1.807, 2.05) is 6.92 Å². The number of aromatic hydroxyl groups is 2. The molecule has 0 saturated carbocycles. The third-order valence-corrected chi connectivity index (χ3v) is 6.17. The number of halogens is 3. The summed E-state index contributed by atoms with van der Waals surface area (Å²) in [6.07, 6.45) is -3.46. The fraction of sp³-hybridized carbons (Fsp3) is 0.192. The lowest BCUT2D eigenvalue weighted by molar-refractivity contribution is -0.144. The van der Waals surface area contributed by atoms with Crippen molar-refractivity contribution in [1.29, 1.82) is 0 Å². The fourth-order valence-electron chi connectivity index (χ4n) is 4.46. The van der Waals surface area contributed by atoms with Gasteiger partial charge in [-0.15, -0.1) is 0 Å². The monoisotopic (exact) mass is 479 g/mol. The molecule has 2 N–H and O–H groups in total. The van der Waals surface area contributed by atoms with E-state index in [0.717, 1.165) is 11.6 Å². The zero-order valence-corrected chi connectivity index (χ0v) is 18.5. The number of para-hydroxylation sites is 1. The number of nitrogens with zero attached hydrogens (tertiary/aromatic N) is 3. The lowest BCUT2D eigenvalue weighted by atomic mass is 9.92. The molecule has 3 aromatic carbocycles. The van der Waals surface area contributed by atoms with Crippen LogP contribution in [0.25, 0.3) is 22.2 Å². The van der Waals surface area contributed by atoms with Crippen molar-refractivity contribution < 1.29 is 28.2 Å². The SMILES string of the molecule is C[C@H]1CCc2cc(-c3nc(C(F)(F)F)nc4ccccc34)ccc2N1C(=O)c1ccc(O)cc1O. The molecule has 35 heavy (non-hydrogen) atoms. The lowest BCUT2D eigenvalue weighted by Gasteiger charge is -2.35. The number of phenols is 2. The third-order valence-electron chi connectivity index (χ3n) is 6.17. The van der Waals surface area contributed by atoms with Gasteiger partial charge in [0.2, 0.25) is 5.82 Å². The maximum atomic E-state index is 13.5. The highest BCUT2D eigenvalue weighted by molar-refractivity contribution is 6.09. The Morgan fingerprint density at radius 2 is 1.80 bits per heavy atom. The van der Waals surface area contributed by atoms with Crippen LogP contribution in [0.4, 0.5) is 18.9 Å². The average Bonchev–Trinajstić information content (AvgIpc) is 2.82. The highest BCUT2D eigenvalue weighted by Crippen LogP contribution is 2.38. The van der Waals surface area contributed by atoms with Crippen molar-refractivity contribution >= 4 is 22.5 Å². The number of carbonyl (C=O) groups excluding carboxylic acids is 1. The van der Waals surface area contributed by atoms with Crippen molar-refractivity contribution in [2.24, 2.45) is 0 Å². The first-order chi connectivity index (χ1) is 16.6. The van der Waals surface area contributed by atoms with Crippen LogP contribution in [0.3, 0.4) is 0 Å². The molecule has 0 aliphatic carbocycles. The van der Waals surface area contributed by atoms with E-state index in [4.69, 9.17) is 0 Å². The zero-order chi connectivity index (χ0) is 24.9. The summed E-state index contributed by atoms with van der Waals surface area (Å²) in [4.78, 5) is 22.4. The van der Waals surface area contributed by atoms with E-state index in [0.29, 0.717) is 29.5 Å². The molecule has 1 amide bonds. The van der Waals surface area contributed by atoms with E-state index < -0.39 is 17.9 Å². The summed E-state index contributed by atoms with van der Waals surface area (Å²) in [6, 6.07) is 15.2. The largest absolute Gasteiger partial charge is 0.508 e. The van der Waals surface area contributed by atoms with Crippen LogP contribution in [0.1, 0.15) is 35.1 Å². The maximum Gasteiger partial charge on any atom is 0.451 e. The van der Waals surface area contributed by atoms with Gasteiger partial charge in [-0.05, 0) is 55.7 Å². The molecule has 1 aliphatic rings. The Balaban J connectivity index is 1.62. The van der Waals surface area contributed by atoms with Crippen LogP contribution in [0, 0.1) is 0 Å². The number of hydrogen-bond donors (Lipinski definition) is 2. The van der Waals surface area contributed by atoms with Crippen molar-refractivity contribution in [2.45, 2.75) is 32.0 Å². The van der Waals surface area contributed by atoms with E-state index in [-0.39, 0.29) is 34.3 Å². The highest BCUT2D eigenvalue weighted by atomic mass is 19.4. The van der Waals surface area contributed by atoms with E-state index in [2.05, 4.69) is 9.97 Å². The molecule has 1 aliphatic heterocycles. The van der Waals surface area contributed by atoms with Crippen LogP contribution in [-0.2, 0) is 12.6 Å². The Hall–Kier alpha value is -4.14. The molecule has 1 aromatic heterocycles. The summed E-state index contributed by atoms with van der Waals surface area (Å²) >= 11 is 0. The van der Waals surface area contributed by atoms with E-state index >= 15 is 0 Å². The van der Waals surface area contributed by atoms with Crippen LogP contribution < -0.4 is 4.90 Å². The Kier molecular flexibility index (Phi) is 5.35. The van der Waals surface area contributed by atoms with Crippen molar-refractivity contribution in [3.63, 3.8) is 0 Å². The molecule has 9 heteroatoms. The van der Waals surface area contributed by atoms with Crippen molar-refractivity contribution in [2.75, 3.05) is 4.90 Å². The van der Waals surface area contributed by atoms with Gasteiger partial charge in [-0.25, -0.2) is 9.97 Å².